The van der Waals surface area contributed by atoms with Crippen molar-refractivity contribution in [3.63, 3.8) is 0 Å². The van der Waals surface area contributed by atoms with E-state index in [0.29, 0.717) is 0 Å². The molecule has 0 aromatic carbocycles. The normalized spacial score (nSPS) is 14.4. The average Bonchev–Trinajstić information content (AvgIpc) is 2.86. The lowest BCUT2D eigenvalue weighted by molar-refractivity contribution is 0.199. The third kappa shape index (κ3) is 3.43. The van der Waals surface area contributed by atoms with E-state index in [4.69, 9.17) is 5.73 Å². The first-order valence-electron chi connectivity index (χ1n) is 6.96. The maximum Gasteiger partial charge on any atom is 0.0544 e. The lowest BCUT2D eigenvalue weighted by Crippen LogP contribution is -2.38. The predicted molar refractivity (Wildman–Crippen MR) is 79.9 cm³/mol. The molecule has 20 heavy (non-hydrogen) atoms. The van der Waals surface area contributed by atoms with Gasteiger partial charge in [-0.3, -0.25) is 14.6 Å². The van der Waals surface area contributed by atoms with Crippen LogP contribution in [0.2, 0.25) is 0 Å². The molecule has 2 heterocycles. The molecule has 2 unspecified atom stereocenters. The van der Waals surface area contributed by atoms with Gasteiger partial charge in [-0.1, -0.05) is 13.0 Å². The summed E-state index contributed by atoms with van der Waals surface area (Å²) in [6, 6.07) is 6.20. The fraction of sp³-hybridized carbons (Fsp3) is 0.467. The lowest BCUT2D eigenvalue weighted by atomic mass is 9.99. The van der Waals surface area contributed by atoms with Gasteiger partial charge in [-0.2, -0.15) is 5.10 Å². The second-order valence-corrected chi connectivity index (χ2v) is 5.20. The summed E-state index contributed by atoms with van der Waals surface area (Å²) in [6.45, 7) is 2.89. The summed E-state index contributed by atoms with van der Waals surface area (Å²) >= 11 is 0. The summed E-state index contributed by atoms with van der Waals surface area (Å²) in [5.41, 5.74) is 8.52. The fourth-order valence-electron chi connectivity index (χ4n) is 2.49. The standard InChI is InChI=1S/C15H23N5/c1-4-14(16)15(12-9-18-20(3)10-12)19(2)11-13-7-5-6-8-17-13/h5-10,14-15H,4,11,16H2,1-3H3. The molecule has 0 spiro atoms. The molecule has 0 bridgehead atoms. The Balaban J connectivity index is 2.18. The van der Waals surface area contributed by atoms with Gasteiger partial charge in [0.15, 0.2) is 0 Å². The molecule has 2 atom stereocenters. The molecule has 2 aromatic rings. The highest BCUT2D eigenvalue weighted by atomic mass is 15.2. The van der Waals surface area contributed by atoms with E-state index >= 15 is 0 Å². The smallest absolute Gasteiger partial charge is 0.0544 e. The summed E-state index contributed by atoms with van der Waals surface area (Å²) in [4.78, 5) is 6.63. The van der Waals surface area contributed by atoms with E-state index in [9.17, 15) is 0 Å². The van der Waals surface area contributed by atoms with Crippen molar-refractivity contribution in [2.75, 3.05) is 7.05 Å². The van der Waals surface area contributed by atoms with Gasteiger partial charge in [0.25, 0.3) is 0 Å². The van der Waals surface area contributed by atoms with Crippen LogP contribution in [-0.4, -0.2) is 32.8 Å². The van der Waals surface area contributed by atoms with Gasteiger partial charge in [-0.15, -0.1) is 0 Å². The van der Waals surface area contributed by atoms with Crippen LogP contribution in [-0.2, 0) is 13.6 Å². The molecule has 108 valence electrons. The van der Waals surface area contributed by atoms with E-state index in [2.05, 4.69) is 29.0 Å². The first-order chi connectivity index (χ1) is 9.61. The highest BCUT2D eigenvalue weighted by Gasteiger charge is 2.24. The van der Waals surface area contributed by atoms with Crippen molar-refractivity contribution in [2.24, 2.45) is 12.8 Å². The number of hydrogen-bond acceptors (Lipinski definition) is 4. The molecule has 0 aliphatic heterocycles. The van der Waals surface area contributed by atoms with E-state index in [1.165, 1.54) is 0 Å². The molecule has 0 fully saturated rings. The molecule has 0 saturated heterocycles. The number of aromatic nitrogens is 3. The number of hydrogen-bond donors (Lipinski definition) is 1. The SMILES string of the molecule is CCC(N)C(c1cnn(C)c1)N(C)Cc1ccccn1. The van der Waals surface area contributed by atoms with Crippen LogP contribution in [0.3, 0.4) is 0 Å². The van der Waals surface area contributed by atoms with Crippen molar-refractivity contribution in [2.45, 2.75) is 32.0 Å². The van der Waals surface area contributed by atoms with E-state index in [1.807, 2.05) is 48.5 Å². The van der Waals surface area contributed by atoms with Crippen LogP contribution in [0.5, 0.6) is 0 Å². The van der Waals surface area contributed by atoms with E-state index in [-0.39, 0.29) is 12.1 Å². The zero-order chi connectivity index (χ0) is 14.5. The van der Waals surface area contributed by atoms with Crippen molar-refractivity contribution >= 4 is 0 Å². The molecule has 0 amide bonds. The number of likely N-dealkylation sites (N-methyl/N-ethyl adjacent to an activating group) is 1. The van der Waals surface area contributed by atoms with Crippen LogP contribution in [0.4, 0.5) is 0 Å². The largest absolute Gasteiger partial charge is 0.326 e. The molecule has 2 N–H and O–H groups in total. The number of aryl methyl sites for hydroxylation is 1. The van der Waals surface area contributed by atoms with E-state index in [1.54, 1.807) is 0 Å². The Morgan fingerprint density at radius 1 is 1.40 bits per heavy atom. The van der Waals surface area contributed by atoms with Gasteiger partial charge in [0.05, 0.1) is 17.9 Å². The Labute approximate surface area is 120 Å². The molecule has 5 nitrogen and oxygen atoms in total. The van der Waals surface area contributed by atoms with Crippen molar-refractivity contribution in [1.82, 2.24) is 19.7 Å². The zero-order valence-corrected chi connectivity index (χ0v) is 12.4. The minimum Gasteiger partial charge on any atom is -0.326 e. The summed E-state index contributed by atoms with van der Waals surface area (Å²) in [6.07, 6.45) is 6.68. The highest BCUT2D eigenvalue weighted by Crippen LogP contribution is 2.24. The second-order valence-electron chi connectivity index (χ2n) is 5.20. The van der Waals surface area contributed by atoms with Crippen LogP contribution >= 0.6 is 0 Å². The van der Waals surface area contributed by atoms with Gasteiger partial charge in [-0.25, -0.2) is 0 Å². The summed E-state index contributed by atoms with van der Waals surface area (Å²) < 4.78 is 1.82. The van der Waals surface area contributed by atoms with Gasteiger partial charge in [0.2, 0.25) is 0 Å². The van der Waals surface area contributed by atoms with E-state index in [0.717, 1.165) is 24.2 Å². The van der Waals surface area contributed by atoms with Gasteiger partial charge in [0.1, 0.15) is 0 Å². The predicted octanol–water partition coefficient (Wildman–Crippen LogP) is 1.73. The van der Waals surface area contributed by atoms with Gasteiger partial charge in [0, 0.05) is 37.6 Å². The number of nitrogens with two attached hydrogens (primary N) is 1. The first-order valence-corrected chi connectivity index (χ1v) is 6.96. The minimum absolute atomic E-state index is 0.0768. The van der Waals surface area contributed by atoms with Crippen molar-refractivity contribution in [3.05, 3.63) is 48.0 Å². The fourth-order valence-corrected chi connectivity index (χ4v) is 2.49. The maximum atomic E-state index is 6.31. The summed E-state index contributed by atoms with van der Waals surface area (Å²) in [5.74, 6) is 0. The Morgan fingerprint density at radius 3 is 2.75 bits per heavy atom. The third-order valence-corrected chi connectivity index (χ3v) is 3.56. The number of pyridine rings is 1. The zero-order valence-electron chi connectivity index (χ0n) is 12.4. The van der Waals surface area contributed by atoms with Gasteiger partial charge in [-0.05, 0) is 25.6 Å². The van der Waals surface area contributed by atoms with Crippen LogP contribution in [0.1, 0.15) is 30.6 Å². The Bertz CT molecular complexity index is 522. The minimum atomic E-state index is 0.0768. The average molecular weight is 273 g/mol. The first kappa shape index (κ1) is 14.7. The highest BCUT2D eigenvalue weighted by molar-refractivity contribution is 5.14. The quantitative estimate of drug-likeness (QED) is 0.870. The molecule has 0 saturated carbocycles. The van der Waals surface area contributed by atoms with Crippen LogP contribution in [0.15, 0.2) is 36.8 Å². The van der Waals surface area contributed by atoms with Crippen molar-refractivity contribution in [3.8, 4) is 0 Å². The van der Waals surface area contributed by atoms with Crippen LogP contribution in [0, 0.1) is 0 Å². The van der Waals surface area contributed by atoms with Crippen molar-refractivity contribution < 1.29 is 0 Å². The van der Waals surface area contributed by atoms with E-state index < -0.39 is 0 Å². The maximum absolute atomic E-state index is 6.31. The molecule has 0 aliphatic rings. The molecule has 0 aliphatic carbocycles. The summed E-state index contributed by atoms with van der Waals surface area (Å²) in [5, 5.41) is 4.26. The molecule has 5 heteroatoms. The lowest BCUT2D eigenvalue weighted by Gasteiger charge is -2.31. The Hall–Kier alpha value is -1.72. The second kappa shape index (κ2) is 6.63. The number of nitrogens with zero attached hydrogens (tertiary/aromatic N) is 4. The molecule has 2 aromatic heterocycles. The van der Waals surface area contributed by atoms with Crippen molar-refractivity contribution in [1.29, 1.82) is 0 Å². The van der Waals surface area contributed by atoms with Gasteiger partial charge < -0.3 is 5.73 Å². The number of rotatable bonds is 6. The molecular weight excluding hydrogens is 250 g/mol. The Kier molecular flexibility index (Phi) is 4.87. The summed E-state index contributed by atoms with van der Waals surface area (Å²) in [7, 11) is 4.01. The topological polar surface area (TPSA) is 60.0 Å². The van der Waals surface area contributed by atoms with Crippen LogP contribution < -0.4 is 5.73 Å². The molecular formula is C15H23N5. The molecule has 2 rings (SSSR count). The van der Waals surface area contributed by atoms with Gasteiger partial charge >= 0.3 is 0 Å². The molecule has 0 radical (unpaired) electrons. The third-order valence-electron chi connectivity index (χ3n) is 3.56. The Morgan fingerprint density at radius 2 is 2.20 bits per heavy atom. The van der Waals surface area contributed by atoms with Crippen LogP contribution in [0.25, 0.3) is 0 Å². The monoisotopic (exact) mass is 273 g/mol.